The van der Waals surface area contributed by atoms with Gasteiger partial charge in [-0.3, -0.25) is 9.59 Å². The number of hydrogen-bond donors (Lipinski definition) is 1. The van der Waals surface area contributed by atoms with E-state index in [0.717, 1.165) is 37.4 Å². The van der Waals surface area contributed by atoms with Gasteiger partial charge in [0, 0.05) is 56.6 Å². The van der Waals surface area contributed by atoms with Crippen LogP contribution in [0.3, 0.4) is 0 Å². The lowest BCUT2D eigenvalue weighted by Gasteiger charge is -2.45. The number of aromatic nitrogens is 2. The van der Waals surface area contributed by atoms with Crippen LogP contribution in [-0.4, -0.2) is 77.9 Å². The molecule has 2 aliphatic rings. The molecule has 0 bridgehead atoms. The largest absolute Gasteiger partial charge is 0.367 e. The van der Waals surface area contributed by atoms with Crippen molar-refractivity contribution in [3.63, 3.8) is 0 Å². The van der Waals surface area contributed by atoms with Gasteiger partial charge in [0.25, 0.3) is 5.91 Å². The Morgan fingerprint density at radius 1 is 1.24 bits per heavy atom. The van der Waals surface area contributed by atoms with Gasteiger partial charge in [-0.2, -0.15) is 0 Å². The molecule has 1 N–H and O–H groups in total. The molecule has 2 aromatic rings. The fraction of sp³-hybridized carbons (Fsp3) is 0.417. The van der Waals surface area contributed by atoms with Gasteiger partial charge in [-0.05, 0) is 50.7 Å². The van der Waals surface area contributed by atoms with Gasteiger partial charge >= 0.3 is 0 Å². The van der Waals surface area contributed by atoms with Crippen molar-refractivity contribution in [2.24, 2.45) is 5.92 Å². The molecule has 2 aliphatic heterocycles. The Labute approximate surface area is 199 Å². The van der Waals surface area contributed by atoms with Crippen LogP contribution in [0.4, 0.5) is 11.4 Å². The second kappa shape index (κ2) is 9.89. The number of likely N-dealkylation sites (N-methyl/N-ethyl adjacent to an activating group) is 1. The number of likely N-dealkylation sites (tertiary alicyclic amines) is 1. The van der Waals surface area contributed by atoms with E-state index < -0.39 is 0 Å². The maximum atomic E-state index is 13.3. The Morgan fingerprint density at radius 2 is 1.97 bits per heavy atom. The normalized spacial score (nSPS) is 18.4. The number of amides is 2. The van der Waals surface area contributed by atoms with Crippen LogP contribution in [0.1, 0.15) is 22.6 Å². The van der Waals surface area contributed by atoms with E-state index in [1.165, 1.54) is 6.08 Å². The minimum Gasteiger partial charge on any atom is -0.367 e. The summed E-state index contributed by atoms with van der Waals surface area (Å²) < 4.78 is 0. The molecular weight excluding hydrogens is 440 g/mol. The molecule has 0 saturated carbocycles. The lowest BCUT2D eigenvalue weighted by molar-refractivity contribution is -0.111. The molecule has 8 nitrogen and oxygen atoms in total. The topological polar surface area (TPSA) is 81.7 Å². The van der Waals surface area contributed by atoms with E-state index >= 15 is 0 Å². The third-order valence-electron chi connectivity index (χ3n) is 6.34. The van der Waals surface area contributed by atoms with E-state index in [-0.39, 0.29) is 11.8 Å². The average molecular weight is 469 g/mol. The minimum atomic E-state index is -0.271. The lowest BCUT2D eigenvalue weighted by atomic mass is 10.0. The molecule has 2 amide bonds. The van der Waals surface area contributed by atoms with E-state index in [1.807, 2.05) is 17.0 Å². The highest BCUT2D eigenvalue weighted by Gasteiger charge is 2.32. The fourth-order valence-electron chi connectivity index (χ4n) is 4.26. The van der Waals surface area contributed by atoms with Crippen molar-refractivity contribution in [1.29, 1.82) is 0 Å². The van der Waals surface area contributed by atoms with Crippen LogP contribution in [0.5, 0.6) is 0 Å². The molecule has 2 saturated heterocycles. The molecule has 1 aromatic heterocycles. The summed E-state index contributed by atoms with van der Waals surface area (Å²) >= 11 is 5.87. The first-order valence-corrected chi connectivity index (χ1v) is 11.5. The highest BCUT2D eigenvalue weighted by atomic mass is 35.5. The quantitative estimate of drug-likeness (QED) is 0.629. The number of anilines is 2. The van der Waals surface area contributed by atoms with E-state index in [4.69, 9.17) is 11.6 Å². The molecular formula is C24H29ClN6O2. The highest BCUT2D eigenvalue weighted by molar-refractivity contribution is 6.30. The van der Waals surface area contributed by atoms with E-state index in [1.54, 1.807) is 18.5 Å². The Bertz CT molecular complexity index is 1040. The summed E-state index contributed by atoms with van der Waals surface area (Å²) in [4.78, 5) is 40.0. The molecule has 0 unspecified atom stereocenters. The minimum absolute atomic E-state index is 0.00190. The zero-order valence-electron chi connectivity index (χ0n) is 19.0. The molecule has 33 heavy (non-hydrogen) atoms. The number of rotatable bonds is 7. The van der Waals surface area contributed by atoms with Crippen LogP contribution in [0.25, 0.3) is 0 Å². The lowest BCUT2D eigenvalue weighted by Crippen LogP contribution is -2.57. The number of halogens is 1. The molecule has 0 spiro atoms. The monoisotopic (exact) mass is 468 g/mol. The summed E-state index contributed by atoms with van der Waals surface area (Å²) in [6.45, 7) is 6.59. The second-order valence-electron chi connectivity index (χ2n) is 8.88. The number of carbonyl (C=O) groups is 2. The average Bonchev–Trinajstić information content (AvgIpc) is 3.23. The molecule has 9 heteroatoms. The van der Waals surface area contributed by atoms with Crippen molar-refractivity contribution in [3.05, 3.63) is 59.7 Å². The van der Waals surface area contributed by atoms with Crippen molar-refractivity contribution < 1.29 is 9.59 Å². The summed E-state index contributed by atoms with van der Waals surface area (Å²) in [6.07, 6.45) is 6.09. The smallest absolute Gasteiger partial charge is 0.253 e. The molecule has 0 radical (unpaired) electrons. The predicted octanol–water partition coefficient (Wildman–Crippen LogP) is 2.71. The predicted molar refractivity (Wildman–Crippen MR) is 130 cm³/mol. The third-order valence-corrected chi connectivity index (χ3v) is 6.53. The fourth-order valence-corrected chi connectivity index (χ4v) is 4.36. The first-order chi connectivity index (χ1) is 15.8. The summed E-state index contributed by atoms with van der Waals surface area (Å²) in [5.74, 6) is 0.794. The van der Waals surface area contributed by atoms with E-state index in [2.05, 4.69) is 45.8 Å². The SMILES string of the molecule is C=CC(=O)Nc1ccc(C(=O)N2CC[C@@H](Cc3ncc(Cl)cn3)C2)cc1N1CC(N(C)C)C1. The van der Waals surface area contributed by atoms with Crippen LogP contribution < -0.4 is 10.2 Å². The first kappa shape index (κ1) is 23.2. The molecule has 2 fully saturated rings. The maximum Gasteiger partial charge on any atom is 0.253 e. The summed E-state index contributed by atoms with van der Waals surface area (Å²) in [7, 11) is 4.11. The van der Waals surface area contributed by atoms with Gasteiger partial charge in [0.1, 0.15) is 5.82 Å². The Kier molecular flexibility index (Phi) is 6.95. The molecule has 4 rings (SSSR count). The van der Waals surface area contributed by atoms with Gasteiger partial charge in [0.05, 0.1) is 16.4 Å². The Morgan fingerprint density at radius 3 is 2.64 bits per heavy atom. The number of benzene rings is 1. The molecule has 0 aliphatic carbocycles. The van der Waals surface area contributed by atoms with Gasteiger partial charge in [0.15, 0.2) is 0 Å². The van der Waals surface area contributed by atoms with Crippen molar-refractivity contribution in [2.45, 2.75) is 18.9 Å². The van der Waals surface area contributed by atoms with Gasteiger partial charge in [-0.1, -0.05) is 18.2 Å². The standard InChI is InChI=1S/C24H29ClN6O2/c1-4-23(32)28-20-6-5-17(10-21(20)31-14-19(15-31)29(2)3)24(33)30-8-7-16(13-30)9-22-26-11-18(25)12-27-22/h4-6,10-12,16,19H,1,7-9,13-15H2,2-3H3,(H,28,32)/t16-/m0/s1. The van der Waals surface area contributed by atoms with Crippen LogP contribution in [0, 0.1) is 5.92 Å². The number of hydrogen-bond acceptors (Lipinski definition) is 6. The number of nitrogens with zero attached hydrogens (tertiary/aromatic N) is 5. The summed E-state index contributed by atoms with van der Waals surface area (Å²) in [5.41, 5.74) is 2.17. The van der Waals surface area contributed by atoms with Gasteiger partial charge < -0.3 is 20.0 Å². The molecule has 1 aromatic carbocycles. The van der Waals surface area contributed by atoms with Crippen molar-refractivity contribution in [2.75, 3.05) is 50.5 Å². The van der Waals surface area contributed by atoms with Crippen LogP contribution >= 0.6 is 11.6 Å². The van der Waals surface area contributed by atoms with Crippen molar-refractivity contribution >= 4 is 34.8 Å². The zero-order valence-corrected chi connectivity index (χ0v) is 19.8. The molecule has 3 heterocycles. The van der Waals surface area contributed by atoms with Crippen molar-refractivity contribution in [1.82, 2.24) is 19.8 Å². The summed E-state index contributed by atoms with van der Waals surface area (Å²) in [5, 5.41) is 3.39. The van der Waals surface area contributed by atoms with Crippen LogP contribution in [-0.2, 0) is 11.2 Å². The second-order valence-corrected chi connectivity index (χ2v) is 9.31. The zero-order chi connectivity index (χ0) is 23.5. The van der Waals surface area contributed by atoms with E-state index in [0.29, 0.717) is 41.3 Å². The maximum absolute atomic E-state index is 13.3. The van der Waals surface area contributed by atoms with Gasteiger partial charge in [-0.15, -0.1) is 0 Å². The molecule has 174 valence electrons. The summed E-state index contributed by atoms with van der Waals surface area (Å²) in [6, 6.07) is 5.93. The van der Waals surface area contributed by atoms with Gasteiger partial charge in [-0.25, -0.2) is 9.97 Å². The van der Waals surface area contributed by atoms with E-state index in [9.17, 15) is 9.59 Å². The molecule has 1 atom stereocenters. The number of carbonyl (C=O) groups excluding carboxylic acids is 2. The number of nitrogens with one attached hydrogen (secondary N) is 1. The van der Waals surface area contributed by atoms with Gasteiger partial charge in [0.2, 0.25) is 5.91 Å². The van der Waals surface area contributed by atoms with Crippen LogP contribution in [0.15, 0.2) is 43.2 Å². The highest BCUT2D eigenvalue weighted by Crippen LogP contribution is 2.33. The third kappa shape index (κ3) is 5.34. The van der Waals surface area contributed by atoms with Crippen LogP contribution in [0.2, 0.25) is 5.02 Å². The Hall–Kier alpha value is -2.97. The Balaban J connectivity index is 1.46. The van der Waals surface area contributed by atoms with Crippen molar-refractivity contribution in [3.8, 4) is 0 Å². The first-order valence-electron chi connectivity index (χ1n) is 11.1.